The summed E-state index contributed by atoms with van der Waals surface area (Å²) in [6.07, 6.45) is 2.56. The molecule has 0 unspecified atom stereocenters. The zero-order valence-corrected chi connectivity index (χ0v) is 22.6. The van der Waals surface area contributed by atoms with Gasteiger partial charge in [-0.05, 0) is 61.6 Å². The maximum absolute atomic E-state index is 12.3. The number of nitrogens with zero attached hydrogens (tertiary/aromatic N) is 1. The summed E-state index contributed by atoms with van der Waals surface area (Å²) in [6.45, 7) is 3.88. The molecule has 0 N–H and O–H groups in total. The minimum atomic E-state index is -1.27. The molecule has 5 nitrogen and oxygen atoms in total. The Balaban J connectivity index is 0.00000267. The number of pyridine rings is 1. The van der Waals surface area contributed by atoms with Crippen LogP contribution in [0.25, 0.3) is 33.3 Å². The molecule has 0 saturated heterocycles. The smallest absolute Gasteiger partial charge is 0.545 e. The summed E-state index contributed by atoms with van der Waals surface area (Å²) >= 11 is 0. The Morgan fingerprint density at radius 3 is 2.56 bits per heavy atom. The predicted octanol–water partition coefficient (Wildman–Crippen LogP) is 2.57. The molecule has 3 aromatic carbocycles. The number of furan rings is 1. The minimum Gasteiger partial charge on any atom is -0.545 e. The Labute approximate surface area is 231 Å². The van der Waals surface area contributed by atoms with Crippen LogP contribution >= 0.6 is 0 Å². The number of aromatic carboxylic acids is 1. The van der Waals surface area contributed by atoms with Gasteiger partial charge in [0.2, 0.25) is 0 Å². The summed E-state index contributed by atoms with van der Waals surface area (Å²) in [5, 5.41) is 13.8. The van der Waals surface area contributed by atoms with Crippen molar-refractivity contribution in [3.63, 3.8) is 0 Å². The number of aryl methyl sites for hydroxylation is 3. The molecule has 0 saturated carbocycles. The second-order valence-corrected chi connectivity index (χ2v) is 9.25. The second-order valence-electron chi connectivity index (χ2n) is 9.25. The average molecular weight is 486 g/mol. The molecule has 0 spiro atoms. The number of carboxylic acids is 1. The summed E-state index contributed by atoms with van der Waals surface area (Å²) in [7, 11) is 0. The van der Waals surface area contributed by atoms with E-state index in [2.05, 4.69) is 18.2 Å². The van der Waals surface area contributed by atoms with Crippen molar-refractivity contribution in [2.24, 2.45) is 0 Å². The maximum atomic E-state index is 12.3. The van der Waals surface area contributed by atoms with Gasteiger partial charge in [0.05, 0.1) is 16.9 Å². The number of hydrogen-bond donors (Lipinski definition) is 0. The van der Waals surface area contributed by atoms with Gasteiger partial charge in [-0.25, -0.2) is 4.98 Å². The van der Waals surface area contributed by atoms with E-state index in [0.29, 0.717) is 28.1 Å². The van der Waals surface area contributed by atoms with Crippen LogP contribution in [0.3, 0.4) is 0 Å². The van der Waals surface area contributed by atoms with Crippen LogP contribution in [0.2, 0.25) is 0 Å². The van der Waals surface area contributed by atoms with Crippen molar-refractivity contribution >= 4 is 27.8 Å². The number of rotatable bonds is 4. The molecule has 5 aromatic rings. The van der Waals surface area contributed by atoms with Gasteiger partial charge >= 0.3 is 29.6 Å². The normalized spacial score (nSPS) is 14.9. The molecular formula is C30H24NNaO4. The minimum absolute atomic E-state index is 0. The van der Waals surface area contributed by atoms with Gasteiger partial charge in [0.15, 0.2) is 5.76 Å². The van der Waals surface area contributed by atoms with Crippen LogP contribution in [0.15, 0.2) is 71.1 Å². The first-order valence-electron chi connectivity index (χ1n) is 11.9. The Kier molecular flexibility index (Phi) is 6.64. The molecule has 1 aliphatic carbocycles. The van der Waals surface area contributed by atoms with E-state index in [9.17, 15) is 9.90 Å². The van der Waals surface area contributed by atoms with Crippen molar-refractivity contribution in [1.82, 2.24) is 4.98 Å². The van der Waals surface area contributed by atoms with Crippen molar-refractivity contribution < 1.29 is 48.6 Å². The molecule has 1 aliphatic rings. The Bertz CT molecular complexity index is 1620. The summed E-state index contributed by atoms with van der Waals surface area (Å²) in [5.74, 6) is -0.184. The second kappa shape index (κ2) is 9.74. The molecule has 0 fully saturated rings. The molecule has 1 atom stereocenters. The van der Waals surface area contributed by atoms with E-state index in [-0.39, 0.29) is 41.2 Å². The van der Waals surface area contributed by atoms with Gasteiger partial charge in [-0.3, -0.25) is 0 Å². The monoisotopic (exact) mass is 485 g/mol. The third kappa shape index (κ3) is 4.21. The molecule has 174 valence electrons. The van der Waals surface area contributed by atoms with Crippen molar-refractivity contribution in [2.75, 3.05) is 0 Å². The number of carbonyl (C=O) groups excluding carboxylic acids is 1. The molecule has 6 rings (SSSR count). The van der Waals surface area contributed by atoms with E-state index < -0.39 is 5.97 Å². The van der Waals surface area contributed by atoms with E-state index >= 15 is 0 Å². The van der Waals surface area contributed by atoms with Crippen molar-refractivity contribution in [1.29, 1.82) is 0 Å². The molecule has 2 aromatic heterocycles. The van der Waals surface area contributed by atoms with Crippen LogP contribution in [0.5, 0.6) is 5.75 Å². The van der Waals surface area contributed by atoms with Crippen LogP contribution in [0, 0.1) is 13.8 Å². The fourth-order valence-electron chi connectivity index (χ4n) is 5.18. The van der Waals surface area contributed by atoms with Gasteiger partial charge in [0.25, 0.3) is 0 Å². The summed E-state index contributed by atoms with van der Waals surface area (Å²) < 4.78 is 12.5. The van der Waals surface area contributed by atoms with E-state index in [4.69, 9.17) is 14.1 Å². The van der Waals surface area contributed by atoms with Crippen molar-refractivity contribution in [2.45, 2.75) is 39.2 Å². The largest absolute Gasteiger partial charge is 1.00 e. The van der Waals surface area contributed by atoms with E-state index in [1.807, 2.05) is 56.3 Å². The third-order valence-corrected chi connectivity index (χ3v) is 7.02. The van der Waals surface area contributed by atoms with Crippen LogP contribution in [-0.4, -0.2) is 17.1 Å². The zero-order valence-electron chi connectivity index (χ0n) is 20.6. The SMILES string of the molecule is Cc1c(-c2cc(C(=O)[O-])c3c(O[C@H]4CCc5ccccc5C4)ccc(C)c3n2)oc2ccccc12.[Na+]. The number of aromatic nitrogens is 1. The molecular weight excluding hydrogens is 461 g/mol. The van der Waals surface area contributed by atoms with Crippen LogP contribution in [0.1, 0.15) is 39.0 Å². The van der Waals surface area contributed by atoms with Gasteiger partial charge in [0, 0.05) is 22.9 Å². The third-order valence-electron chi connectivity index (χ3n) is 7.02. The number of para-hydroxylation sites is 1. The molecule has 6 heteroatoms. The Morgan fingerprint density at radius 2 is 1.78 bits per heavy atom. The summed E-state index contributed by atoms with van der Waals surface area (Å²) in [6, 6.07) is 21.5. The van der Waals surface area contributed by atoms with Crippen LogP contribution in [0.4, 0.5) is 0 Å². The number of fused-ring (bicyclic) bond motifs is 3. The first-order chi connectivity index (χ1) is 17.0. The maximum Gasteiger partial charge on any atom is 1.00 e. The zero-order chi connectivity index (χ0) is 24.1. The summed E-state index contributed by atoms with van der Waals surface area (Å²) in [5.41, 5.74) is 6.25. The molecule has 0 aliphatic heterocycles. The van der Waals surface area contributed by atoms with E-state index in [0.717, 1.165) is 41.4 Å². The molecule has 0 amide bonds. The summed E-state index contributed by atoms with van der Waals surface area (Å²) in [4.78, 5) is 17.2. The number of carbonyl (C=O) groups is 1. The van der Waals surface area contributed by atoms with Crippen molar-refractivity contribution in [3.8, 4) is 17.2 Å². The number of benzene rings is 3. The molecule has 0 radical (unpaired) electrons. The van der Waals surface area contributed by atoms with Crippen LogP contribution in [-0.2, 0) is 12.8 Å². The van der Waals surface area contributed by atoms with E-state index in [1.54, 1.807) is 6.07 Å². The van der Waals surface area contributed by atoms with E-state index in [1.165, 1.54) is 11.1 Å². The van der Waals surface area contributed by atoms with Gasteiger partial charge < -0.3 is 19.1 Å². The Morgan fingerprint density at radius 1 is 1.03 bits per heavy atom. The average Bonchev–Trinajstić information content (AvgIpc) is 3.21. The fourth-order valence-corrected chi connectivity index (χ4v) is 5.18. The first kappa shape index (κ1) is 24.6. The van der Waals surface area contributed by atoms with Gasteiger partial charge in [0.1, 0.15) is 23.1 Å². The van der Waals surface area contributed by atoms with Crippen LogP contribution < -0.4 is 39.4 Å². The van der Waals surface area contributed by atoms with Gasteiger partial charge in [-0.2, -0.15) is 0 Å². The number of carboxylic acid groups (broad SMARTS) is 1. The van der Waals surface area contributed by atoms with Crippen molar-refractivity contribution in [3.05, 3.63) is 94.5 Å². The fraction of sp³-hybridized carbons (Fsp3) is 0.200. The van der Waals surface area contributed by atoms with Gasteiger partial charge in [-0.1, -0.05) is 48.5 Å². The topological polar surface area (TPSA) is 75.4 Å². The predicted molar refractivity (Wildman–Crippen MR) is 134 cm³/mol. The number of hydrogen-bond acceptors (Lipinski definition) is 5. The molecule has 2 heterocycles. The Hall–Kier alpha value is -3.12. The van der Waals surface area contributed by atoms with Gasteiger partial charge in [-0.15, -0.1) is 0 Å². The molecule has 36 heavy (non-hydrogen) atoms. The standard InChI is InChI=1S/C30H25NO4.Na/c1-17-11-14-26(34-21-13-12-19-7-3-4-8-20(19)15-21)27-23(30(32)33)16-24(31-28(17)27)29-18(2)22-9-5-6-10-25(22)35-29;/h3-11,14,16,21H,12-13,15H2,1-2H3,(H,32,33);/q;+1/p-1/t21-;/m0./s1. The quantitative estimate of drug-likeness (QED) is 0.366. The first-order valence-corrected chi connectivity index (χ1v) is 11.9. The number of ether oxygens (including phenoxy) is 1. The molecule has 0 bridgehead atoms.